The fraction of sp³-hybridized carbons (Fsp3) is 0.167. The highest BCUT2D eigenvalue weighted by molar-refractivity contribution is 6.33. The molecule has 4 aromatic carbocycles. The fourth-order valence-electron chi connectivity index (χ4n) is 5.15. The van der Waals surface area contributed by atoms with Crippen molar-refractivity contribution in [3.8, 4) is 11.5 Å². The van der Waals surface area contributed by atoms with E-state index in [4.69, 9.17) is 16.3 Å². The molecule has 0 aliphatic carbocycles. The van der Waals surface area contributed by atoms with Crippen LogP contribution in [0.4, 0.5) is 11.4 Å². The Morgan fingerprint density at radius 2 is 1.39 bits per heavy atom. The van der Waals surface area contributed by atoms with Crippen LogP contribution in [0.1, 0.15) is 40.9 Å². The molecule has 0 spiro atoms. The molecule has 5 nitrogen and oxygen atoms in total. The molecule has 0 aromatic heterocycles. The first-order valence-electron chi connectivity index (χ1n) is 12.0. The Labute approximate surface area is 215 Å². The lowest BCUT2D eigenvalue weighted by atomic mass is 9.73. The number of hydrogen-bond acceptors (Lipinski definition) is 4. The molecular formula is C30H27ClN2O3. The summed E-state index contributed by atoms with van der Waals surface area (Å²) in [4.78, 5) is 14.6. The molecule has 0 amide bonds. The molecule has 1 heterocycles. The average Bonchev–Trinajstić information content (AvgIpc) is 2.90. The van der Waals surface area contributed by atoms with E-state index in [0.717, 1.165) is 22.4 Å². The molecule has 0 unspecified atom stereocenters. The smallest absolute Gasteiger partial charge is 0.337 e. The van der Waals surface area contributed by atoms with Crippen molar-refractivity contribution in [2.24, 2.45) is 0 Å². The van der Waals surface area contributed by atoms with Gasteiger partial charge < -0.3 is 20.1 Å². The van der Waals surface area contributed by atoms with Gasteiger partial charge in [-0.15, -0.1) is 0 Å². The Balaban J connectivity index is 1.95. The second-order valence-electron chi connectivity index (χ2n) is 8.63. The summed E-state index contributed by atoms with van der Waals surface area (Å²) in [7, 11) is 0. The van der Waals surface area contributed by atoms with Crippen molar-refractivity contribution in [2.75, 3.05) is 23.3 Å². The topological polar surface area (TPSA) is 61.8 Å². The number of halogens is 1. The number of ether oxygens (including phenoxy) is 1. The molecule has 1 aliphatic heterocycles. The SMILES string of the molecule is CCN(CC)c1c(C(=O)O)cccc1C1(Nc2ccccc2Cl)c2ccccc2Oc2ccccc21. The lowest BCUT2D eigenvalue weighted by molar-refractivity contribution is 0.0697. The summed E-state index contributed by atoms with van der Waals surface area (Å²) in [6, 6.07) is 28.8. The summed E-state index contributed by atoms with van der Waals surface area (Å²) in [5.41, 5.74) is 3.23. The van der Waals surface area contributed by atoms with Crippen molar-refractivity contribution in [3.05, 3.63) is 118 Å². The van der Waals surface area contributed by atoms with Gasteiger partial charge in [0.15, 0.2) is 0 Å². The van der Waals surface area contributed by atoms with Crippen molar-refractivity contribution < 1.29 is 14.6 Å². The van der Waals surface area contributed by atoms with E-state index in [1.54, 1.807) is 6.07 Å². The zero-order valence-electron chi connectivity index (χ0n) is 20.2. The maximum Gasteiger partial charge on any atom is 0.337 e. The van der Waals surface area contributed by atoms with Crippen LogP contribution in [0.15, 0.2) is 91.0 Å². The molecule has 1 aliphatic rings. The second kappa shape index (κ2) is 9.59. The minimum atomic E-state index is -0.986. The van der Waals surface area contributed by atoms with Gasteiger partial charge in [0.05, 0.1) is 22.0 Å². The minimum Gasteiger partial charge on any atom is -0.478 e. The standard InChI is InChI=1S/C30H27ClN2O3/c1-3-33(4-2)28-20(29(34)35)12-11-15-23(28)30(32-25-17-8-7-16-24(25)31)21-13-5-9-18-26(21)36-27-19-10-6-14-22(27)30/h5-19,32H,3-4H2,1-2H3,(H,34,35). The van der Waals surface area contributed by atoms with Gasteiger partial charge in [0.25, 0.3) is 0 Å². The van der Waals surface area contributed by atoms with Gasteiger partial charge in [0.1, 0.15) is 17.0 Å². The lowest BCUT2D eigenvalue weighted by Crippen LogP contribution is -2.42. The number of benzene rings is 4. The number of anilines is 2. The third-order valence-electron chi connectivity index (χ3n) is 6.75. The van der Waals surface area contributed by atoms with E-state index in [1.165, 1.54) is 0 Å². The van der Waals surface area contributed by atoms with Gasteiger partial charge >= 0.3 is 5.97 Å². The Bertz CT molecular complexity index is 1390. The van der Waals surface area contributed by atoms with Crippen LogP contribution in [-0.4, -0.2) is 24.2 Å². The van der Waals surface area contributed by atoms with E-state index in [-0.39, 0.29) is 5.56 Å². The third-order valence-corrected chi connectivity index (χ3v) is 7.08. The summed E-state index contributed by atoms with van der Waals surface area (Å²) < 4.78 is 6.35. The number of carboxylic acids is 1. The Hall–Kier alpha value is -3.96. The van der Waals surface area contributed by atoms with Crippen LogP contribution in [0, 0.1) is 0 Å². The number of rotatable bonds is 7. The maximum absolute atomic E-state index is 12.5. The van der Waals surface area contributed by atoms with Gasteiger partial charge in [-0.1, -0.05) is 72.3 Å². The second-order valence-corrected chi connectivity index (χ2v) is 9.04. The molecule has 0 atom stereocenters. The average molecular weight is 499 g/mol. The van der Waals surface area contributed by atoms with Gasteiger partial charge in [-0.2, -0.15) is 0 Å². The van der Waals surface area contributed by atoms with Gasteiger partial charge in [-0.05, 0) is 44.2 Å². The third kappa shape index (κ3) is 3.76. The van der Waals surface area contributed by atoms with Crippen LogP contribution in [0.5, 0.6) is 11.5 Å². The van der Waals surface area contributed by atoms with Gasteiger partial charge in [-0.25, -0.2) is 4.79 Å². The van der Waals surface area contributed by atoms with Crippen molar-refractivity contribution in [2.45, 2.75) is 19.4 Å². The number of nitrogens with one attached hydrogen (secondary N) is 1. The Morgan fingerprint density at radius 1 is 0.833 bits per heavy atom. The van der Waals surface area contributed by atoms with Crippen LogP contribution in [0.25, 0.3) is 0 Å². The number of para-hydroxylation sites is 4. The van der Waals surface area contributed by atoms with Crippen molar-refractivity contribution >= 4 is 28.9 Å². The highest BCUT2D eigenvalue weighted by Crippen LogP contribution is 2.54. The Morgan fingerprint density at radius 3 is 1.97 bits per heavy atom. The Kier molecular flexibility index (Phi) is 6.33. The molecule has 4 aromatic rings. The van der Waals surface area contributed by atoms with E-state index in [9.17, 15) is 9.90 Å². The number of hydrogen-bond donors (Lipinski definition) is 2. The van der Waals surface area contributed by atoms with E-state index >= 15 is 0 Å². The van der Waals surface area contributed by atoms with Crippen molar-refractivity contribution in [3.63, 3.8) is 0 Å². The number of carbonyl (C=O) groups is 1. The van der Waals surface area contributed by atoms with Crippen LogP contribution in [0.3, 0.4) is 0 Å². The zero-order valence-corrected chi connectivity index (χ0v) is 20.9. The molecule has 6 heteroatoms. The summed E-state index contributed by atoms with van der Waals surface area (Å²) in [6.45, 7) is 5.36. The summed E-state index contributed by atoms with van der Waals surface area (Å²) >= 11 is 6.69. The minimum absolute atomic E-state index is 0.248. The van der Waals surface area contributed by atoms with Crippen molar-refractivity contribution in [1.29, 1.82) is 0 Å². The zero-order chi connectivity index (χ0) is 25.3. The van der Waals surface area contributed by atoms with Crippen LogP contribution in [-0.2, 0) is 5.54 Å². The van der Waals surface area contributed by atoms with E-state index in [1.807, 2.05) is 98.8 Å². The molecule has 182 valence electrons. The lowest BCUT2D eigenvalue weighted by Gasteiger charge is -2.44. The van der Waals surface area contributed by atoms with Crippen molar-refractivity contribution in [1.82, 2.24) is 0 Å². The number of fused-ring (bicyclic) bond motifs is 2. The molecule has 0 radical (unpaired) electrons. The van der Waals surface area contributed by atoms with E-state index < -0.39 is 11.5 Å². The first kappa shape index (κ1) is 23.8. The largest absolute Gasteiger partial charge is 0.478 e. The predicted molar refractivity (Wildman–Crippen MR) is 145 cm³/mol. The molecule has 2 N–H and O–H groups in total. The number of aromatic carboxylic acids is 1. The van der Waals surface area contributed by atoms with Crippen LogP contribution < -0.4 is 15.0 Å². The predicted octanol–water partition coefficient (Wildman–Crippen LogP) is 7.39. The first-order chi connectivity index (χ1) is 17.5. The highest BCUT2D eigenvalue weighted by Gasteiger charge is 2.46. The molecule has 0 fully saturated rings. The monoisotopic (exact) mass is 498 g/mol. The fourth-order valence-corrected chi connectivity index (χ4v) is 5.33. The molecule has 0 bridgehead atoms. The summed E-state index contributed by atoms with van der Waals surface area (Å²) in [5.74, 6) is 0.421. The quantitative estimate of drug-likeness (QED) is 0.278. The highest BCUT2D eigenvalue weighted by atomic mass is 35.5. The molecule has 0 saturated heterocycles. The summed E-state index contributed by atoms with van der Waals surface area (Å²) in [5, 5.41) is 14.6. The number of nitrogens with zero attached hydrogens (tertiary/aromatic N) is 1. The van der Waals surface area contributed by atoms with E-state index in [2.05, 4.69) is 10.2 Å². The summed E-state index contributed by atoms with van der Waals surface area (Å²) in [6.07, 6.45) is 0. The normalized spacial score (nSPS) is 13.2. The molecule has 0 saturated carbocycles. The van der Waals surface area contributed by atoms with Gasteiger partial charge in [0.2, 0.25) is 0 Å². The van der Waals surface area contributed by atoms with Crippen LogP contribution >= 0.6 is 11.6 Å². The van der Waals surface area contributed by atoms with Gasteiger partial charge in [-0.3, -0.25) is 0 Å². The first-order valence-corrected chi connectivity index (χ1v) is 12.4. The van der Waals surface area contributed by atoms with Gasteiger partial charge in [0, 0.05) is 29.8 Å². The maximum atomic E-state index is 12.5. The number of carboxylic acid groups (broad SMARTS) is 1. The molecule has 36 heavy (non-hydrogen) atoms. The van der Waals surface area contributed by atoms with Crippen LogP contribution in [0.2, 0.25) is 5.02 Å². The molecule has 5 rings (SSSR count). The van der Waals surface area contributed by atoms with E-state index in [0.29, 0.717) is 35.3 Å². The molecular weight excluding hydrogens is 472 g/mol.